The van der Waals surface area contributed by atoms with Gasteiger partial charge in [-0.3, -0.25) is 4.79 Å². The van der Waals surface area contributed by atoms with E-state index in [0.717, 1.165) is 0 Å². The molecular formula is C11H14O6. The average molecular weight is 242 g/mol. The van der Waals surface area contributed by atoms with E-state index in [-0.39, 0.29) is 25.2 Å². The van der Waals surface area contributed by atoms with Crippen LogP contribution in [0.4, 0.5) is 0 Å². The standard InChI is InChI=1S/C6H10O3.C5H4O3/c1-5(2)6(8)9-4-3-7;1-3-2-4(6)8-5(3)7/h7H,1,3-4H2,2H3;1-2H2. The number of carbonyl (C=O) groups excluding carboxylic acids is 3. The average Bonchev–Trinajstić information content (AvgIpc) is 2.53. The van der Waals surface area contributed by atoms with E-state index in [1.54, 1.807) is 6.92 Å². The Morgan fingerprint density at radius 1 is 1.53 bits per heavy atom. The lowest BCUT2D eigenvalue weighted by Gasteiger charge is -1.99. The number of cyclic esters (lactones) is 2. The van der Waals surface area contributed by atoms with Crippen LogP contribution in [0.5, 0.6) is 0 Å². The van der Waals surface area contributed by atoms with Gasteiger partial charge in [0.2, 0.25) is 0 Å². The molecule has 0 aromatic heterocycles. The Morgan fingerprint density at radius 3 is 2.35 bits per heavy atom. The highest BCUT2D eigenvalue weighted by Gasteiger charge is 2.24. The normalized spacial score (nSPS) is 13.6. The van der Waals surface area contributed by atoms with E-state index in [1.165, 1.54) is 0 Å². The number of hydrogen-bond acceptors (Lipinski definition) is 6. The van der Waals surface area contributed by atoms with Crippen LogP contribution in [0.15, 0.2) is 24.3 Å². The van der Waals surface area contributed by atoms with Crippen molar-refractivity contribution in [2.24, 2.45) is 0 Å². The predicted molar refractivity (Wildman–Crippen MR) is 57.7 cm³/mol. The zero-order chi connectivity index (χ0) is 13.4. The highest BCUT2D eigenvalue weighted by molar-refractivity contribution is 6.05. The molecule has 6 nitrogen and oxygen atoms in total. The van der Waals surface area contributed by atoms with E-state index in [0.29, 0.717) is 5.57 Å². The molecule has 0 amide bonds. The molecule has 0 unspecified atom stereocenters. The molecule has 1 heterocycles. The highest BCUT2D eigenvalue weighted by Crippen LogP contribution is 2.10. The fourth-order valence-corrected chi connectivity index (χ4v) is 0.720. The number of aliphatic hydroxyl groups excluding tert-OH is 1. The molecule has 0 saturated carbocycles. The molecule has 17 heavy (non-hydrogen) atoms. The van der Waals surface area contributed by atoms with Crippen molar-refractivity contribution in [3.05, 3.63) is 24.3 Å². The lowest BCUT2D eigenvalue weighted by molar-refractivity contribution is -0.151. The first-order valence-corrected chi connectivity index (χ1v) is 4.74. The van der Waals surface area contributed by atoms with Crippen molar-refractivity contribution in [1.29, 1.82) is 0 Å². The van der Waals surface area contributed by atoms with Gasteiger partial charge in [-0.1, -0.05) is 13.2 Å². The van der Waals surface area contributed by atoms with E-state index in [2.05, 4.69) is 22.6 Å². The van der Waals surface area contributed by atoms with E-state index in [1.807, 2.05) is 0 Å². The molecule has 1 saturated heterocycles. The Morgan fingerprint density at radius 2 is 2.12 bits per heavy atom. The summed E-state index contributed by atoms with van der Waals surface area (Å²) in [5, 5.41) is 8.19. The van der Waals surface area contributed by atoms with Gasteiger partial charge in [0.25, 0.3) is 0 Å². The smallest absolute Gasteiger partial charge is 0.341 e. The summed E-state index contributed by atoms with van der Waals surface area (Å²) in [4.78, 5) is 30.9. The summed E-state index contributed by atoms with van der Waals surface area (Å²) in [6, 6.07) is 0. The third kappa shape index (κ3) is 6.26. The number of carbonyl (C=O) groups is 3. The van der Waals surface area contributed by atoms with Crippen LogP contribution >= 0.6 is 0 Å². The van der Waals surface area contributed by atoms with Gasteiger partial charge < -0.3 is 14.6 Å². The Kier molecular flexibility index (Phi) is 6.50. The first-order chi connectivity index (χ1) is 7.88. The topological polar surface area (TPSA) is 89.9 Å². The number of aliphatic hydroxyl groups is 1. The van der Waals surface area contributed by atoms with Gasteiger partial charge in [0.15, 0.2) is 0 Å². The summed E-state index contributed by atoms with van der Waals surface area (Å²) >= 11 is 0. The minimum Gasteiger partial charge on any atom is -0.460 e. The van der Waals surface area contributed by atoms with Crippen LogP contribution in [-0.2, 0) is 23.9 Å². The van der Waals surface area contributed by atoms with E-state index < -0.39 is 17.9 Å². The fourth-order valence-electron chi connectivity index (χ4n) is 0.720. The molecule has 1 N–H and O–H groups in total. The van der Waals surface area contributed by atoms with Gasteiger partial charge in [-0.15, -0.1) is 0 Å². The maximum absolute atomic E-state index is 10.5. The van der Waals surface area contributed by atoms with Crippen molar-refractivity contribution < 1.29 is 29.0 Å². The van der Waals surface area contributed by atoms with Gasteiger partial charge in [0.05, 0.1) is 13.0 Å². The second kappa shape index (κ2) is 7.34. The Balaban J connectivity index is 0.000000302. The molecule has 1 aliphatic heterocycles. The van der Waals surface area contributed by atoms with E-state index in [9.17, 15) is 14.4 Å². The lowest BCUT2D eigenvalue weighted by Crippen LogP contribution is -2.08. The zero-order valence-corrected chi connectivity index (χ0v) is 9.52. The van der Waals surface area contributed by atoms with Gasteiger partial charge in [-0.25, -0.2) is 9.59 Å². The third-order valence-electron chi connectivity index (χ3n) is 1.53. The molecule has 0 atom stereocenters. The fraction of sp³-hybridized carbons (Fsp3) is 0.364. The molecule has 0 radical (unpaired) electrons. The van der Waals surface area contributed by atoms with E-state index in [4.69, 9.17) is 5.11 Å². The van der Waals surface area contributed by atoms with Crippen molar-refractivity contribution >= 4 is 17.9 Å². The quantitative estimate of drug-likeness (QED) is 0.429. The number of ether oxygens (including phenoxy) is 2. The van der Waals surface area contributed by atoms with Crippen LogP contribution in [0.2, 0.25) is 0 Å². The van der Waals surface area contributed by atoms with Crippen molar-refractivity contribution in [3.63, 3.8) is 0 Å². The number of esters is 3. The molecule has 6 heteroatoms. The van der Waals surface area contributed by atoms with Crippen LogP contribution < -0.4 is 0 Å². The van der Waals surface area contributed by atoms with Crippen molar-refractivity contribution in [1.82, 2.24) is 0 Å². The Bertz CT molecular complexity index is 337. The molecule has 1 rings (SSSR count). The van der Waals surface area contributed by atoms with Crippen LogP contribution in [0.25, 0.3) is 0 Å². The molecule has 1 aliphatic rings. The second-order valence-corrected chi connectivity index (χ2v) is 3.18. The summed E-state index contributed by atoms with van der Waals surface area (Å²) in [7, 11) is 0. The second-order valence-electron chi connectivity index (χ2n) is 3.18. The SMILES string of the molecule is C=C(C)C(=O)OCCO.C=C1CC(=O)OC1=O. The molecule has 0 spiro atoms. The maximum atomic E-state index is 10.5. The minimum atomic E-state index is -0.588. The molecule has 94 valence electrons. The first kappa shape index (κ1) is 15.0. The van der Waals surface area contributed by atoms with Crippen molar-refractivity contribution in [2.45, 2.75) is 13.3 Å². The molecule has 0 bridgehead atoms. The third-order valence-corrected chi connectivity index (χ3v) is 1.53. The van der Waals surface area contributed by atoms with Crippen LogP contribution in [0.1, 0.15) is 13.3 Å². The first-order valence-electron chi connectivity index (χ1n) is 4.74. The van der Waals surface area contributed by atoms with E-state index >= 15 is 0 Å². The van der Waals surface area contributed by atoms with Gasteiger partial charge in [0, 0.05) is 11.1 Å². The minimum absolute atomic E-state index is 0.0473. The van der Waals surface area contributed by atoms with Gasteiger partial charge in [-0.05, 0) is 6.92 Å². The molecule has 0 aliphatic carbocycles. The molecule has 0 aromatic rings. The number of rotatable bonds is 3. The molecule has 1 fully saturated rings. The zero-order valence-electron chi connectivity index (χ0n) is 9.52. The van der Waals surface area contributed by atoms with Crippen LogP contribution in [-0.4, -0.2) is 36.2 Å². The van der Waals surface area contributed by atoms with Gasteiger partial charge >= 0.3 is 17.9 Å². The number of hydrogen-bond donors (Lipinski definition) is 1. The van der Waals surface area contributed by atoms with Crippen LogP contribution in [0, 0.1) is 0 Å². The van der Waals surface area contributed by atoms with Crippen LogP contribution in [0.3, 0.4) is 0 Å². The van der Waals surface area contributed by atoms with Crippen molar-refractivity contribution in [2.75, 3.05) is 13.2 Å². The Hall–Kier alpha value is -1.95. The van der Waals surface area contributed by atoms with Gasteiger partial charge in [0.1, 0.15) is 6.61 Å². The summed E-state index contributed by atoms with van der Waals surface area (Å²) in [5.74, 6) is -1.54. The lowest BCUT2D eigenvalue weighted by atomic mass is 10.3. The monoisotopic (exact) mass is 242 g/mol. The van der Waals surface area contributed by atoms with Gasteiger partial charge in [-0.2, -0.15) is 0 Å². The summed E-state index contributed by atoms with van der Waals surface area (Å²) in [6.45, 7) is 8.10. The highest BCUT2D eigenvalue weighted by atomic mass is 16.6. The largest absolute Gasteiger partial charge is 0.460 e. The summed E-state index contributed by atoms with van der Waals surface area (Å²) in [6.07, 6.45) is 0.0544. The maximum Gasteiger partial charge on any atom is 0.341 e. The van der Waals surface area contributed by atoms with Crippen molar-refractivity contribution in [3.8, 4) is 0 Å². The molecule has 0 aromatic carbocycles. The molecular weight excluding hydrogens is 228 g/mol. The summed E-state index contributed by atoms with van der Waals surface area (Å²) < 4.78 is 8.56. The predicted octanol–water partition coefficient (Wildman–Crippen LogP) is 0.114. The Labute approximate surface area is 98.5 Å². The summed E-state index contributed by atoms with van der Waals surface area (Å²) in [5.41, 5.74) is 0.596.